The fourth-order valence-corrected chi connectivity index (χ4v) is 2.18. The molecule has 1 atom stereocenters. The van der Waals surface area contributed by atoms with Crippen molar-refractivity contribution in [1.29, 1.82) is 0 Å². The number of carbonyl (C=O) groups excluding carboxylic acids is 1. The number of aliphatic hydroxyl groups excluding tert-OH is 1. The first-order valence-corrected chi connectivity index (χ1v) is 6.25. The van der Waals surface area contributed by atoms with Crippen LogP contribution in [0.5, 0.6) is 0 Å². The van der Waals surface area contributed by atoms with Crippen LogP contribution in [0.1, 0.15) is 19.0 Å². The number of aliphatic hydroxyl groups is 1. The highest BCUT2D eigenvalue weighted by molar-refractivity contribution is 5.77. The van der Waals surface area contributed by atoms with Gasteiger partial charge in [-0.25, -0.2) is 0 Å². The second-order valence-electron chi connectivity index (χ2n) is 4.33. The van der Waals surface area contributed by atoms with E-state index in [2.05, 4.69) is 5.10 Å². The summed E-state index contributed by atoms with van der Waals surface area (Å²) in [5.41, 5.74) is 0.996. The van der Waals surface area contributed by atoms with Crippen LogP contribution in [0.25, 0.3) is 0 Å². The number of amides is 1. The minimum atomic E-state index is -0.153. The van der Waals surface area contributed by atoms with Gasteiger partial charge in [-0.2, -0.15) is 5.10 Å². The van der Waals surface area contributed by atoms with Crippen molar-refractivity contribution in [3.63, 3.8) is 0 Å². The number of ether oxygens (including phenoxy) is 1. The van der Waals surface area contributed by atoms with Crippen LogP contribution in [-0.4, -0.2) is 51.6 Å². The van der Waals surface area contributed by atoms with Crippen molar-refractivity contribution >= 4 is 5.91 Å². The predicted molar refractivity (Wildman–Crippen MR) is 64.8 cm³/mol. The number of hydrogen-bond acceptors (Lipinski definition) is 4. The van der Waals surface area contributed by atoms with E-state index in [1.807, 2.05) is 17.7 Å². The summed E-state index contributed by atoms with van der Waals surface area (Å²) in [5.74, 6) is -0.0782. The zero-order valence-corrected chi connectivity index (χ0v) is 10.6. The summed E-state index contributed by atoms with van der Waals surface area (Å²) in [5, 5.41) is 13.6. The summed E-state index contributed by atoms with van der Waals surface area (Å²) in [6.07, 6.45) is 2.45. The predicted octanol–water partition coefficient (Wildman–Crippen LogP) is 0.0128. The molecule has 18 heavy (non-hydrogen) atoms. The molecule has 100 valence electrons. The average molecular weight is 253 g/mol. The monoisotopic (exact) mass is 253 g/mol. The van der Waals surface area contributed by atoms with Crippen molar-refractivity contribution in [2.45, 2.75) is 32.5 Å². The highest BCUT2D eigenvalue weighted by atomic mass is 16.5. The zero-order valence-electron chi connectivity index (χ0n) is 10.6. The lowest BCUT2D eigenvalue weighted by molar-refractivity contribution is -0.140. The van der Waals surface area contributed by atoms with Crippen LogP contribution >= 0.6 is 0 Å². The Balaban J connectivity index is 2.12. The van der Waals surface area contributed by atoms with Crippen LogP contribution in [0.4, 0.5) is 0 Å². The molecule has 1 N–H and O–H groups in total. The number of hydrogen-bond donors (Lipinski definition) is 1. The molecule has 0 radical (unpaired) electrons. The lowest BCUT2D eigenvalue weighted by Crippen LogP contribution is -2.43. The standard InChI is InChI=1S/C12H19N3O3/c1-2-18-9-12(17)14-7-10-3-5-13-15(10)6-4-11(14)8-16/h3,5,11,16H,2,4,6-9H2,1H3/t11-/m0/s1. The third kappa shape index (κ3) is 2.70. The summed E-state index contributed by atoms with van der Waals surface area (Å²) in [6.45, 7) is 3.63. The SMILES string of the molecule is CCOCC(=O)N1Cc2ccnn2CC[C@H]1CO. The largest absolute Gasteiger partial charge is 0.394 e. The van der Waals surface area contributed by atoms with E-state index in [0.29, 0.717) is 19.6 Å². The van der Waals surface area contributed by atoms with E-state index >= 15 is 0 Å². The van der Waals surface area contributed by atoms with Gasteiger partial charge < -0.3 is 14.7 Å². The van der Waals surface area contributed by atoms with Crippen LogP contribution in [0.2, 0.25) is 0 Å². The Morgan fingerprint density at radius 1 is 1.67 bits per heavy atom. The molecule has 0 saturated carbocycles. The topological polar surface area (TPSA) is 67.6 Å². The first kappa shape index (κ1) is 13.0. The van der Waals surface area contributed by atoms with Gasteiger partial charge in [0.25, 0.3) is 0 Å². The van der Waals surface area contributed by atoms with Gasteiger partial charge in [0.05, 0.1) is 24.9 Å². The highest BCUT2D eigenvalue weighted by Crippen LogP contribution is 2.17. The summed E-state index contributed by atoms with van der Waals surface area (Å²) < 4.78 is 7.04. The molecular formula is C12H19N3O3. The molecule has 1 amide bonds. The molecular weight excluding hydrogens is 234 g/mol. The molecule has 6 nitrogen and oxygen atoms in total. The number of aromatic nitrogens is 2. The molecule has 0 unspecified atom stereocenters. The van der Waals surface area contributed by atoms with Gasteiger partial charge >= 0.3 is 0 Å². The molecule has 1 aromatic rings. The molecule has 0 fully saturated rings. The number of rotatable bonds is 4. The Morgan fingerprint density at radius 3 is 3.22 bits per heavy atom. The van der Waals surface area contributed by atoms with Crippen molar-refractivity contribution in [1.82, 2.24) is 14.7 Å². The normalized spacial score (nSPS) is 19.4. The Hall–Kier alpha value is -1.40. The van der Waals surface area contributed by atoms with Gasteiger partial charge in [-0.3, -0.25) is 9.48 Å². The quantitative estimate of drug-likeness (QED) is 0.821. The number of aryl methyl sites for hydroxylation is 1. The molecule has 1 aliphatic rings. The van der Waals surface area contributed by atoms with Crippen LogP contribution in [0.3, 0.4) is 0 Å². The third-order valence-electron chi connectivity index (χ3n) is 3.21. The molecule has 1 aliphatic heterocycles. The summed E-state index contributed by atoms with van der Waals surface area (Å²) in [6, 6.07) is 1.75. The van der Waals surface area contributed by atoms with Gasteiger partial charge in [-0.1, -0.05) is 0 Å². The van der Waals surface area contributed by atoms with Gasteiger partial charge in [-0.05, 0) is 19.4 Å². The van der Waals surface area contributed by atoms with E-state index in [9.17, 15) is 9.90 Å². The van der Waals surface area contributed by atoms with E-state index in [1.165, 1.54) is 0 Å². The van der Waals surface area contributed by atoms with E-state index in [1.54, 1.807) is 11.1 Å². The van der Waals surface area contributed by atoms with Crippen molar-refractivity contribution in [3.8, 4) is 0 Å². The van der Waals surface area contributed by atoms with E-state index < -0.39 is 0 Å². The first-order valence-electron chi connectivity index (χ1n) is 6.25. The smallest absolute Gasteiger partial charge is 0.249 e. The van der Waals surface area contributed by atoms with Gasteiger partial charge in [0.1, 0.15) is 6.61 Å². The zero-order chi connectivity index (χ0) is 13.0. The Labute approximate surface area is 106 Å². The van der Waals surface area contributed by atoms with E-state index in [-0.39, 0.29) is 25.2 Å². The second kappa shape index (κ2) is 5.97. The summed E-state index contributed by atoms with van der Waals surface area (Å²) >= 11 is 0. The lowest BCUT2D eigenvalue weighted by Gasteiger charge is -2.28. The summed E-state index contributed by atoms with van der Waals surface area (Å²) in [4.78, 5) is 13.8. The Kier molecular flexibility index (Phi) is 4.33. The number of carbonyl (C=O) groups is 1. The van der Waals surface area contributed by atoms with Gasteiger partial charge in [-0.15, -0.1) is 0 Å². The molecule has 0 bridgehead atoms. The molecule has 2 rings (SSSR count). The average Bonchev–Trinajstić information content (AvgIpc) is 2.75. The van der Waals surface area contributed by atoms with Crippen molar-refractivity contribution in [3.05, 3.63) is 18.0 Å². The van der Waals surface area contributed by atoms with Crippen LogP contribution in [0, 0.1) is 0 Å². The Bertz CT molecular complexity index is 405. The number of nitrogens with zero attached hydrogens (tertiary/aromatic N) is 3. The highest BCUT2D eigenvalue weighted by Gasteiger charge is 2.27. The molecule has 0 saturated heterocycles. The van der Waals surface area contributed by atoms with E-state index in [0.717, 1.165) is 12.2 Å². The van der Waals surface area contributed by atoms with Crippen LogP contribution in [0.15, 0.2) is 12.3 Å². The third-order valence-corrected chi connectivity index (χ3v) is 3.21. The fourth-order valence-electron chi connectivity index (χ4n) is 2.18. The minimum Gasteiger partial charge on any atom is -0.394 e. The van der Waals surface area contributed by atoms with Gasteiger partial charge in [0.2, 0.25) is 5.91 Å². The molecule has 0 spiro atoms. The lowest BCUT2D eigenvalue weighted by atomic mass is 10.2. The first-order chi connectivity index (χ1) is 8.76. The van der Waals surface area contributed by atoms with Crippen molar-refractivity contribution < 1.29 is 14.6 Å². The van der Waals surface area contributed by atoms with Crippen molar-refractivity contribution in [2.75, 3.05) is 19.8 Å². The number of fused-ring (bicyclic) bond motifs is 1. The van der Waals surface area contributed by atoms with E-state index in [4.69, 9.17) is 4.74 Å². The van der Waals surface area contributed by atoms with Gasteiger partial charge in [0.15, 0.2) is 0 Å². The minimum absolute atomic E-state index is 0.0251. The molecule has 6 heteroatoms. The molecule has 0 aliphatic carbocycles. The van der Waals surface area contributed by atoms with Gasteiger partial charge in [0, 0.05) is 19.3 Å². The van der Waals surface area contributed by atoms with Crippen LogP contribution in [-0.2, 0) is 22.6 Å². The fraction of sp³-hybridized carbons (Fsp3) is 0.667. The van der Waals surface area contributed by atoms with Crippen LogP contribution < -0.4 is 0 Å². The second-order valence-corrected chi connectivity index (χ2v) is 4.33. The maximum Gasteiger partial charge on any atom is 0.249 e. The summed E-state index contributed by atoms with van der Waals surface area (Å²) in [7, 11) is 0. The maximum atomic E-state index is 12.1. The van der Waals surface area contributed by atoms with Crippen molar-refractivity contribution in [2.24, 2.45) is 0 Å². The molecule has 1 aromatic heterocycles. The molecule has 2 heterocycles. The molecule has 0 aromatic carbocycles. The maximum absolute atomic E-state index is 12.1. The Morgan fingerprint density at radius 2 is 2.50 bits per heavy atom.